The van der Waals surface area contributed by atoms with Gasteiger partial charge in [0.1, 0.15) is 12.4 Å². The number of nitrogens with one attached hydrogen (secondary N) is 1. The maximum Gasteiger partial charge on any atom is 0.241 e. The van der Waals surface area contributed by atoms with E-state index in [4.69, 9.17) is 15.2 Å². The van der Waals surface area contributed by atoms with Gasteiger partial charge < -0.3 is 15.2 Å². The molecular weight excluding hydrogens is 296 g/mol. The Balaban J connectivity index is 2.66. The van der Waals surface area contributed by atoms with E-state index in [0.717, 1.165) is 0 Å². The highest BCUT2D eigenvalue weighted by atomic mass is 32.2. The van der Waals surface area contributed by atoms with E-state index in [2.05, 4.69) is 4.72 Å². The van der Waals surface area contributed by atoms with Crippen molar-refractivity contribution in [1.29, 1.82) is 0 Å². The molecule has 1 aromatic rings. The monoisotopic (exact) mass is 316 g/mol. The van der Waals surface area contributed by atoms with E-state index in [-0.39, 0.29) is 4.90 Å². The van der Waals surface area contributed by atoms with E-state index in [0.29, 0.717) is 25.6 Å². The van der Waals surface area contributed by atoms with Gasteiger partial charge in [-0.1, -0.05) is 0 Å². The smallest absolute Gasteiger partial charge is 0.241 e. The predicted octanol–water partition coefficient (Wildman–Crippen LogP) is 0.254. The molecule has 0 spiro atoms. The van der Waals surface area contributed by atoms with Crippen LogP contribution in [0.1, 0.15) is 13.8 Å². The fraction of sp³-hybridized carbons (Fsp3) is 0.462. The number of nitrogens with two attached hydrogens (primary N) is 1. The summed E-state index contributed by atoms with van der Waals surface area (Å²) in [5.41, 5.74) is 5.03. The van der Waals surface area contributed by atoms with Crippen molar-refractivity contribution in [2.45, 2.75) is 24.8 Å². The first kappa shape index (κ1) is 17.4. The zero-order valence-electron chi connectivity index (χ0n) is 12.0. The average molecular weight is 316 g/mol. The maximum absolute atomic E-state index is 12.0. The third-order valence-electron chi connectivity index (χ3n) is 2.59. The normalized spacial score (nSPS) is 12.9. The molecule has 0 aliphatic heterocycles. The van der Waals surface area contributed by atoms with Crippen LogP contribution in [0.4, 0.5) is 0 Å². The molecule has 0 heterocycles. The third-order valence-corrected chi connectivity index (χ3v) is 4.15. The Bertz CT molecular complexity index is 556. The van der Waals surface area contributed by atoms with Crippen molar-refractivity contribution >= 4 is 15.9 Å². The van der Waals surface area contributed by atoms with E-state index >= 15 is 0 Å². The molecule has 8 heteroatoms. The quantitative estimate of drug-likeness (QED) is 0.635. The fourth-order valence-corrected chi connectivity index (χ4v) is 2.65. The highest BCUT2D eigenvalue weighted by Gasteiger charge is 2.20. The topological polar surface area (TPSA) is 108 Å². The average Bonchev–Trinajstić information content (AvgIpc) is 2.43. The number of sulfonamides is 1. The minimum atomic E-state index is -3.78. The summed E-state index contributed by atoms with van der Waals surface area (Å²) in [7, 11) is -3.78. The number of rotatable bonds is 9. The van der Waals surface area contributed by atoms with Gasteiger partial charge in [0, 0.05) is 6.61 Å². The standard InChI is InChI=1S/C13H20N2O5S/c1-3-19-8-9-20-11-4-6-12(7-5-11)21(17,18)15-10(2)13(14)16/h4-7,10,15H,3,8-9H2,1-2H3,(H2,14,16)/t10-/m1/s1. The summed E-state index contributed by atoms with van der Waals surface area (Å²) in [4.78, 5) is 10.9. The molecule has 0 bridgehead atoms. The highest BCUT2D eigenvalue weighted by Crippen LogP contribution is 2.16. The Morgan fingerprint density at radius 1 is 1.29 bits per heavy atom. The first-order valence-electron chi connectivity index (χ1n) is 6.49. The van der Waals surface area contributed by atoms with Crippen molar-refractivity contribution in [3.63, 3.8) is 0 Å². The number of carbonyl (C=O) groups excluding carboxylic acids is 1. The molecule has 0 aliphatic carbocycles. The van der Waals surface area contributed by atoms with Crippen molar-refractivity contribution in [3.8, 4) is 5.75 Å². The minimum absolute atomic E-state index is 0.0350. The number of carbonyl (C=O) groups is 1. The molecule has 0 aromatic heterocycles. The van der Waals surface area contributed by atoms with Gasteiger partial charge in [0.15, 0.2) is 0 Å². The van der Waals surface area contributed by atoms with Crippen molar-refractivity contribution in [2.24, 2.45) is 5.73 Å². The lowest BCUT2D eigenvalue weighted by Gasteiger charge is -2.11. The second-order valence-electron chi connectivity index (χ2n) is 4.26. The van der Waals surface area contributed by atoms with Crippen LogP contribution in [0.2, 0.25) is 0 Å². The van der Waals surface area contributed by atoms with Crippen LogP contribution in [-0.4, -0.2) is 40.2 Å². The van der Waals surface area contributed by atoms with Gasteiger partial charge >= 0.3 is 0 Å². The summed E-state index contributed by atoms with van der Waals surface area (Å²) in [6.07, 6.45) is 0. The molecule has 1 atom stereocenters. The van der Waals surface area contributed by atoms with Crippen LogP contribution in [0.15, 0.2) is 29.2 Å². The minimum Gasteiger partial charge on any atom is -0.491 e. The van der Waals surface area contributed by atoms with Crippen LogP contribution >= 0.6 is 0 Å². The molecule has 7 nitrogen and oxygen atoms in total. The van der Waals surface area contributed by atoms with Crippen LogP contribution in [0.5, 0.6) is 5.75 Å². The maximum atomic E-state index is 12.0. The van der Waals surface area contributed by atoms with Crippen molar-refractivity contribution in [2.75, 3.05) is 19.8 Å². The van der Waals surface area contributed by atoms with Crippen LogP contribution < -0.4 is 15.2 Å². The molecule has 0 aliphatic rings. The van der Waals surface area contributed by atoms with Gasteiger partial charge in [0.25, 0.3) is 0 Å². The van der Waals surface area contributed by atoms with Crippen LogP contribution in [0.3, 0.4) is 0 Å². The molecule has 3 N–H and O–H groups in total. The van der Waals surface area contributed by atoms with Crippen molar-refractivity contribution in [1.82, 2.24) is 4.72 Å². The second-order valence-corrected chi connectivity index (χ2v) is 5.98. The van der Waals surface area contributed by atoms with Gasteiger partial charge in [-0.15, -0.1) is 0 Å². The Hall–Kier alpha value is -1.64. The molecule has 0 saturated carbocycles. The first-order chi connectivity index (χ1) is 9.86. The van der Waals surface area contributed by atoms with Gasteiger partial charge in [-0.05, 0) is 38.1 Å². The number of hydrogen-bond acceptors (Lipinski definition) is 5. The van der Waals surface area contributed by atoms with Gasteiger partial charge in [0.2, 0.25) is 15.9 Å². The fourth-order valence-electron chi connectivity index (χ4n) is 1.44. The van der Waals surface area contributed by atoms with Crippen LogP contribution in [-0.2, 0) is 19.6 Å². The van der Waals surface area contributed by atoms with Gasteiger partial charge in [-0.3, -0.25) is 4.79 Å². The molecule has 0 fully saturated rings. The van der Waals surface area contributed by atoms with E-state index in [1.54, 1.807) is 0 Å². The van der Waals surface area contributed by atoms with E-state index < -0.39 is 22.0 Å². The number of ether oxygens (including phenoxy) is 2. The summed E-state index contributed by atoms with van der Waals surface area (Å²) < 4.78 is 36.6. The van der Waals surface area contributed by atoms with E-state index in [1.807, 2.05) is 6.92 Å². The molecule has 21 heavy (non-hydrogen) atoms. The second kappa shape index (κ2) is 7.96. The lowest BCUT2D eigenvalue weighted by Crippen LogP contribution is -2.42. The Morgan fingerprint density at radius 3 is 2.43 bits per heavy atom. The van der Waals surface area contributed by atoms with Crippen molar-refractivity contribution in [3.05, 3.63) is 24.3 Å². The third kappa shape index (κ3) is 5.70. The zero-order chi connectivity index (χ0) is 15.9. The zero-order valence-corrected chi connectivity index (χ0v) is 12.9. The first-order valence-corrected chi connectivity index (χ1v) is 7.97. The van der Waals surface area contributed by atoms with Gasteiger partial charge in [-0.25, -0.2) is 8.42 Å². The largest absolute Gasteiger partial charge is 0.491 e. The van der Waals surface area contributed by atoms with Gasteiger partial charge in [0.05, 0.1) is 17.5 Å². The van der Waals surface area contributed by atoms with Crippen LogP contribution in [0, 0.1) is 0 Å². The molecule has 1 aromatic carbocycles. The van der Waals surface area contributed by atoms with Gasteiger partial charge in [-0.2, -0.15) is 4.72 Å². The number of hydrogen-bond donors (Lipinski definition) is 2. The Morgan fingerprint density at radius 2 is 1.90 bits per heavy atom. The lowest BCUT2D eigenvalue weighted by molar-refractivity contribution is -0.119. The summed E-state index contributed by atoms with van der Waals surface area (Å²) >= 11 is 0. The molecule has 118 valence electrons. The number of amides is 1. The van der Waals surface area contributed by atoms with Crippen molar-refractivity contribution < 1.29 is 22.7 Å². The SMILES string of the molecule is CCOCCOc1ccc(S(=O)(=O)N[C@H](C)C(N)=O)cc1. The molecule has 0 unspecified atom stereocenters. The highest BCUT2D eigenvalue weighted by molar-refractivity contribution is 7.89. The Labute approximate surface area is 124 Å². The Kier molecular flexibility index (Phi) is 6.60. The lowest BCUT2D eigenvalue weighted by atomic mass is 10.3. The predicted molar refractivity (Wildman–Crippen MR) is 77.4 cm³/mol. The molecule has 1 rings (SSSR count). The summed E-state index contributed by atoms with van der Waals surface area (Å²) in [6.45, 7) is 4.74. The summed E-state index contributed by atoms with van der Waals surface area (Å²) in [5.74, 6) is -0.203. The molecule has 0 saturated heterocycles. The number of benzene rings is 1. The van der Waals surface area contributed by atoms with E-state index in [9.17, 15) is 13.2 Å². The molecule has 0 radical (unpaired) electrons. The van der Waals surface area contributed by atoms with Crippen LogP contribution in [0.25, 0.3) is 0 Å². The molecular formula is C13H20N2O5S. The summed E-state index contributed by atoms with van der Waals surface area (Å²) in [5, 5.41) is 0. The molecule has 1 amide bonds. The number of primary amides is 1. The summed E-state index contributed by atoms with van der Waals surface area (Å²) in [6, 6.07) is 4.89. The van der Waals surface area contributed by atoms with E-state index in [1.165, 1.54) is 31.2 Å².